The summed E-state index contributed by atoms with van der Waals surface area (Å²) in [5.74, 6) is -0.900. The molecule has 0 aromatic heterocycles. The lowest BCUT2D eigenvalue weighted by atomic mass is 10.1. The van der Waals surface area contributed by atoms with Crippen LogP contribution in [0, 0.1) is 0 Å². The largest absolute Gasteiger partial charge is 0.478 e. The maximum atomic E-state index is 10.7. The average Bonchev–Trinajstić information content (AvgIpc) is 2.49. The van der Waals surface area contributed by atoms with Gasteiger partial charge in [0.2, 0.25) is 0 Å². The summed E-state index contributed by atoms with van der Waals surface area (Å²) in [4.78, 5) is 10.7. The molecular weight excluding hydrogens is 156 g/mol. The van der Waals surface area contributed by atoms with Crippen molar-refractivity contribution in [3.63, 3.8) is 0 Å². The maximum Gasteiger partial charge on any atom is 0.337 e. The first-order valence-corrected chi connectivity index (χ1v) is 3.63. The van der Waals surface area contributed by atoms with Crippen LogP contribution in [0.5, 0.6) is 0 Å². The first kappa shape index (κ1) is 6.97. The van der Waals surface area contributed by atoms with Gasteiger partial charge in [0.1, 0.15) is 0 Å². The Balaban J connectivity index is 2.56. The zero-order chi connectivity index (χ0) is 8.55. The number of fused-ring (bicyclic) bond motifs is 1. The van der Waals surface area contributed by atoms with E-state index in [0.29, 0.717) is 17.9 Å². The van der Waals surface area contributed by atoms with Gasteiger partial charge in [0.25, 0.3) is 0 Å². The van der Waals surface area contributed by atoms with Gasteiger partial charge in [0, 0.05) is 0 Å². The minimum atomic E-state index is -0.900. The van der Waals surface area contributed by atoms with Crippen molar-refractivity contribution in [2.24, 2.45) is 0 Å². The zero-order valence-electron chi connectivity index (χ0n) is 6.29. The predicted molar refractivity (Wildman–Crippen MR) is 45.5 cm³/mol. The Hall–Kier alpha value is -1.71. The molecular formula is C8H8N2O2. The van der Waals surface area contributed by atoms with E-state index < -0.39 is 5.97 Å². The molecule has 12 heavy (non-hydrogen) atoms. The average molecular weight is 164 g/mol. The fourth-order valence-electron chi connectivity index (χ4n) is 1.30. The Kier molecular flexibility index (Phi) is 1.40. The van der Waals surface area contributed by atoms with Crippen LogP contribution in [-0.2, 0) is 0 Å². The first-order valence-electron chi connectivity index (χ1n) is 3.63. The lowest BCUT2D eigenvalue weighted by Crippen LogP contribution is -2.02. The number of para-hydroxylation sites is 1. The summed E-state index contributed by atoms with van der Waals surface area (Å²) in [6, 6.07) is 5.16. The van der Waals surface area contributed by atoms with E-state index in [1.807, 2.05) is 6.07 Å². The Labute approximate surface area is 69.2 Å². The molecule has 0 spiro atoms. The minimum Gasteiger partial charge on any atom is -0.478 e. The molecule has 0 aliphatic carbocycles. The van der Waals surface area contributed by atoms with Crippen LogP contribution in [0.4, 0.5) is 11.4 Å². The molecule has 0 saturated heterocycles. The van der Waals surface area contributed by atoms with Crippen LogP contribution in [-0.4, -0.2) is 17.7 Å². The molecule has 0 atom stereocenters. The molecule has 0 amide bonds. The summed E-state index contributed by atoms with van der Waals surface area (Å²) in [6.07, 6.45) is 0. The summed E-state index contributed by atoms with van der Waals surface area (Å²) in [5.41, 5.74) is 1.86. The van der Waals surface area contributed by atoms with Gasteiger partial charge in [-0.3, -0.25) is 0 Å². The smallest absolute Gasteiger partial charge is 0.337 e. The van der Waals surface area contributed by atoms with Gasteiger partial charge in [-0.15, -0.1) is 0 Å². The van der Waals surface area contributed by atoms with Crippen molar-refractivity contribution >= 4 is 17.3 Å². The predicted octanol–water partition coefficient (Wildman–Crippen LogP) is 1.18. The van der Waals surface area contributed by atoms with Crippen LogP contribution in [0.15, 0.2) is 18.2 Å². The molecule has 1 aliphatic heterocycles. The van der Waals surface area contributed by atoms with Crippen LogP contribution in [0.1, 0.15) is 10.4 Å². The molecule has 2 rings (SSSR count). The van der Waals surface area contributed by atoms with Gasteiger partial charge in [-0.05, 0) is 12.1 Å². The van der Waals surface area contributed by atoms with E-state index in [1.54, 1.807) is 12.1 Å². The van der Waals surface area contributed by atoms with E-state index in [0.717, 1.165) is 5.69 Å². The molecule has 0 unspecified atom stereocenters. The molecule has 4 nitrogen and oxygen atoms in total. The first-order chi connectivity index (χ1) is 5.79. The second-order valence-corrected chi connectivity index (χ2v) is 2.56. The molecule has 0 radical (unpaired) electrons. The van der Waals surface area contributed by atoms with E-state index in [4.69, 9.17) is 5.11 Å². The second-order valence-electron chi connectivity index (χ2n) is 2.56. The monoisotopic (exact) mass is 164 g/mol. The van der Waals surface area contributed by atoms with E-state index >= 15 is 0 Å². The normalized spacial score (nSPS) is 13.0. The minimum absolute atomic E-state index is 0.317. The van der Waals surface area contributed by atoms with Crippen LogP contribution in [0.2, 0.25) is 0 Å². The third-order valence-electron chi connectivity index (χ3n) is 1.84. The Morgan fingerprint density at radius 1 is 1.42 bits per heavy atom. The number of carboxylic acid groups (broad SMARTS) is 1. The Morgan fingerprint density at radius 3 is 3.00 bits per heavy atom. The van der Waals surface area contributed by atoms with Gasteiger partial charge in [0.05, 0.1) is 23.6 Å². The number of rotatable bonds is 1. The summed E-state index contributed by atoms with van der Waals surface area (Å²) in [5, 5.41) is 14.8. The van der Waals surface area contributed by atoms with Crippen molar-refractivity contribution < 1.29 is 9.90 Å². The number of aromatic carboxylic acids is 1. The van der Waals surface area contributed by atoms with Crippen molar-refractivity contribution in [2.75, 3.05) is 17.3 Å². The molecule has 1 heterocycles. The molecule has 4 heteroatoms. The van der Waals surface area contributed by atoms with Gasteiger partial charge >= 0.3 is 5.97 Å². The number of benzene rings is 1. The van der Waals surface area contributed by atoms with Gasteiger partial charge < -0.3 is 15.7 Å². The quantitative estimate of drug-likeness (QED) is 0.583. The lowest BCUT2D eigenvalue weighted by Gasteiger charge is -2.01. The van der Waals surface area contributed by atoms with E-state index in [1.165, 1.54) is 0 Å². The molecule has 62 valence electrons. The van der Waals surface area contributed by atoms with Crippen LogP contribution in [0.3, 0.4) is 0 Å². The molecule has 3 N–H and O–H groups in total. The van der Waals surface area contributed by atoms with Crippen LogP contribution < -0.4 is 10.6 Å². The number of carboxylic acids is 1. The number of hydrogen-bond donors (Lipinski definition) is 3. The summed E-state index contributed by atoms with van der Waals surface area (Å²) >= 11 is 0. The number of hydrogen-bond acceptors (Lipinski definition) is 3. The van der Waals surface area contributed by atoms with Gasteiger partial charge in [-0.2, -0.15) is 0 Å². The highest BCUT2D eigenvalue weighted by Crippen LogP contribution is 2.29. The number of nitrogens with one attached hydrogen (secondary N) is 2. The number of anilines is 2. The van der Waals surface area contributed by atoms with Crippen molar-refractivity contribution in [1.82, 2.24) is 0 Å². The van der Waals surface area contributed by atoms with Crippen LogP contribution in [0.25, 0.3) is 0 Å². The van der Waals surface area contributed by atoms with Crippen LogP contribution >= 0.6 is 0 Å². The van der Waals surface area contributed by atoms with E-state index in [9.17, 15) is 4.79 Å². The van der Waals surface area contributed by atoms with Gasteiger partial charge in [-0.1, -0.05) is 6.07 Å². The molecule has 0 saturated carbocycles. The second kappa shape index (κ2) is 2.41. The molecule has 0 fully saturated rings. The fourth-order valence-corrected chi connectivity index (χ4v) is 1.30. The maximum absolute atomic E-state index is 10.7. The molecule has 1 aromatic rings. The van der Waals surface area contributed by atoms with Gasteiger partial charge in [-0.25, -0.2) is 4.79 Å². The SMILES string of the molecule is O=C(O)c1cccc2c1NCN2. The van der Waals surface area contributed by atoms with Crippen molar-refractivity contribution in [3.8, 4) is 0 Å². The van der Waals surface area contributed by atoms with Crippen molar-refractivity contribution in [1.29, 1.82) is 0 Å². The van der Waals surface area contributed by atoms with E-state index in [2.05, 4.69) is 10.6 Å². The third kappa shape index (κ3) is 0.887. The lowest BCUT2D eigenvalue weighted by molar-refractivity contribution is 0.0698. The highest BCUT2D eigenvalue weighted by Gasteiger charge is 2.16. The summed E-state index contributed by atoms with van der Waals surface area (Å²) in [7, 11) is 0. The highest BCUT2D eigenvalue weighted by atomic mass is 16.4. The standard InChI is InChI=1S/C8H8N2O2/c11-8(12)5-2-1-3-6-7(5)10-4-9-6/h1-3,9-10H,4H2,(H,11,12). The fraction of sp³-hybridized carbons (Fsp3) is 0.125. The Morgan fingerprint density at radius 2 is 2.25 bits per heavy atom. The summed E-state index contributed by atoms with van der Waals surface area (Å²) < 4.78 is 0. The third-order valence-corrected chi connectivity index (χ3v) is 1.84. The molecule has 1 aliphatic rings. The zero-order valence-corrected chi connectivity index (χ0v) is 6.29. The Bertz CT molecular complexity index is 336. The summed E-state index contributed by atoms with van der Waals surface area (Å²) in [6.45, 7) is 0.597. The highest BCUT2D eigenvalue weighted by molar-refractivity contribution is 5.99. The molecule has 1 aromatic carbocycles. The van der Waals surface area contributed by atoms with Crippen molar-refractivity contribution in [2.45, 2.75) is 0 Å². The van der Waals surface area contributed by atoms with E-state index in [-0.39, 0.29) is 0 Å². The van der Waals surface area contributed by atoms with Crippen molar-refractivity contribution in [3.05, 3.63) is 23.8 Å². The molecule has 0 bridgehead atoms. The number of carbonyl (C=O) groups is 1. The topological polar surface area (TPSA) is 61.4 Å². The van der Waals surface area contributed by atoms with Gasteiger partial charge in [0.15, 0.2) is 0 Å².